The van der Waals surface area contributed by atoms with Crippen LogP contribution in [0.15, 0.2) is 36.5 Å². The van der Waals surface area contributed by atoms with E-state index in [1.54, 1.807) is 12.3 Å². The number of phenols is 1. The van der Waals surface area contributed by atoms with Gasteiger partial charge in [0.2, 0.25) is 0 Å². The molecule has 146 valence electrons. The molecule has 2 heterocycles. The average molecular weight is 389 g/mol. The van der Waals surface area contributed by atoms with Gasteiger partial charge >= 0.3 is 6.18 Å². The molecule has 1 saturated carbocycles. The molecule has 4 rings (SSSR count). The quantitative estimate of drug-likeness (QED) is 0.860. The third kappa shape index (κ3) is 3.44. The summed E-state index contributed by atoms with van der Waals surface area (Å²) >= 11 is 0. The molecule has 2 aliphatic rings. The number of aromatic hydroxyl groups is 1. The van der Waals surface area contributed by atoms with E-state index in [-0.39, 0.29) is 23.7 Å². The first-order chi connectivity index (χ1) is 13.3. The number of hydrogen-bond donors (Lipinski definition) is 1. The minimum absolute atomic E-state index is 0.0832. The molecule has 1 aliphatic carbocycles. The summed E-state index contributed by atoms with van der Waals surface area (Å²) in [5.41, 5.74) is -0.398. The fraction of sp³-hybridized carbons (Fsp3) is 0.400. The van der Waals surface area contributed by atoms with Crippen molar-refractivity contribution in [1.29, 1.82) is 5.26 Å². The topological polar surface area (TPSA) is 69.4 Å². The first kappa shape index (κ1) is 18.4. The van der Waals surface area contributed by atoms with Gasteiger partial charge in [-0.2, -0.15) is 18.4 Å². The molecule has 1 aliphatic heterocycles. The van der Waals surface area contributed by atoms with Crippen molar-refractivity contribution >= 4 is 5.82 Å². The summed E-state index contributed by atoms with van der Waals surface area (Å²) in [6, 6.07) is 8.41. The van der Waals surface area contributed by atoms with Crippen molar-refractivity contribution in [3.8, 4) is 17.6 Å². The fourth-order valence-corrected chi connectivity index (χ4v) is 4.13. The minimum Gasteiger partial charge on any atom is -0.504 e. The summed E-state index contributed by atoms with van der Waals surface area (Å²) in [4.78, 5) is 6.49. The SMILES string of the molecule is N#Cc1ccc(N2CC3CC[C@@H](C2)C3Oc2ccc(C(F)(F)F)cc2O)nc1. The number of nitrogens with zero attached hydrogens (tertiary/aromatic N) is 3. The van der Waals surface area contributed by atoms with Gasteiger partial charge < -0.3 is 14.7 Å². The first-order valence-electron chi connectivity index (χ1n) is 9.03. The average Bonchev–Trinajstić information content (AvgIpc) is 2.89. The molecule has 2 fully saturated rings. The molecule has 0 spiro atoms. The molecule has 1 saturated heterocycles. The smallest absolute Gasteiger partial charge is 0.416 e. The van der Waals surface area contributed by atoms with Crippen LogP contribution in [0.4, 0.5) is 19.0 Å². The third-order valence-corrected chi connectivity index (χ3v) is 5.50. The number of piperidine rings is 1. The van der Waals surface area contributed by atoms with E-state index >= 15 is 0 Å². The van der Waals surface area contributed by atoms with E-state index in [4.69, 9.17) is 10.00 Å². The van der Waals surface area contributed by atoms with Gasteiger partial charge in [-0.05, 0) is 43.2 Å². The Kier molecular flexibility index (Phi) is 4.53. The summed E-state index contributed by atoms with van der Waals surface area (Å²) < 4.78 is 44.2. The molecule has 0 radical (unpaired) electrons. The normalized spacial score (nSPS) is 24.1. The van der Waals surface area contributed by atoms with Crippen molar-refractivity contribution in [2.75, 3.05) is 18.0 Å². The van der Waals surface area contributed by atoms with Crippen LogP contribution >= 0.6 is 0 Å². The van der Waals surface area contributed by atoms with Crippen LogP contribution in [0.1, 0.15) is 24.0 Å². The van der Waals surface area contributed by atoms with Crippen LogP contribution in [0, 0.1) is 23.2 Å². The molecular formula is C20H18F3N3O2. The number of alkyl halides is 3. The zero-order valence-corrected chi connectivity index (χ0v) is 14.9. The molecule has 1 N–H and O–H groups in total. The molecule has 28 heavy (non-hydrogen) atoms. The molecule has 2 bridgehead atoms. The number of halogens is 3. The standard InChI is InChI=1S/C20H18F3N3O2/c21-20(22,23)15-4-5-17(16(27)7-15)28-19-13-2-3-14(19)11-26(10-13)18-6-1-12(8-24)9-25-18/h1,4-7,9,13-14,19,27H,2-3,10-11H2/t13-,14?,19?/m0/s1. The van der Waals surface area contributed by atoms with Crippen LogP contribution in [0.2, 0.25) is 0 Å². The van der Waals surface area contributed by atoms with E-state index in [1.165, 1.54) is 6.07 Å². The van der Waals surface area contributed by atoms with Crippen molar-refractivity contribution in [2.45, 2.75) is 25.1 Å². The summed E-state index contributed by atoms with van der Waals surface area (Å²) in [5.74, 6) is 0.771. The number of ether oxygens (including phenoxy) is 1. The molecule has 2 aromatic rings. The highest BCUT2D eigenvalue weighted by Gasteiger charge is 2.44. The van der Waals surface area contributed by atoms with Gasteiger partial charge in [-0.1, -0.05) is 0 Å². The Morgan fingerprint density at radius 3 is 2.39 bits per heavy atom. The summed E-state index contributed by atoms with van der Waals surface area (Å²) in [7, 11) is 0. The van der Waals surface area contributed by atoms with Crippen LogP contribution in [-0.2, 0) is 6.18 Å². The fourth-order valence-electron chi connectivity index (χ4n) is 4.13. The van der Waals surface area contributed by atoms with E-state index in [1.807, 2.05) is 12.1 Å². The number of aromatic nitrogens is 1. The van der Waals surface area contributed by atoms with Crippen molar-refractivity contribution in [3.05, 3.63) is 47.7 Å². The van der Waals surface area contributed by atoms with Gasteiger partial charge in [-0.3, -0.25) is 0 Å². The highest BCUT2D eigenvalue weighted by Crippen LogP contribution is 2.43. The second-order valence-corrected chi connectivity index (χ2v) is 7.28. The van der Waals surface area contributed by atoms with E-state index in [0.29, 0.717) is 24.7 Å². The van der Waals surface area contributed by atoms with Gasteiger partial charge in [-0.15, -0.1) is 0 Å². The van der Waals surface area contributed by atoms with Crippen LogP contribution in [-0.4, -0.2) is 29.3 Å². The first-order valence-corrected chi connectivity index (χ1v) is 9.03. The van der Waals surface area contributed by atoms with Gasteiger partial charge in [0.05, 0.1) is 11.1 Å². The Morgan fingerprint density at radius 2 is 1.86 bits per heavy atom. The Bertz CT molecular complexity index is 894. The third-order valence-electron chi connectivity index (χ3n) is 5.50. The Balaban J connectivity index is 1.47. The van der Waals surface area contributed by atoms with E-state index < -0.39 is 17.5 Å². The van der Waals surface area contributed by atoms with Crippen molar-refractivity contribution in [3.63, 3.8) is 0 Å². The lowest BCUT2D eigenvalue weighted by atomic mass is 9.94. The number of anilines is 1. The molecule has 8 heteroatoms. The zero-order chi connectivity index (χ0) is 19.9. The summed E-state index contributed by atoms with van der Waals surface area (Å²) in [5, 5.41) is 18.9. The maximum Gasteiger partial charge on any atom is 0.416 e. The maximum atomic E-state index is 12.8. The number of fused-ring (bicyclic) bond motifs is 2. The van der Waals surface area contributed by atoms with Crippen molar-refractivity contribution in [1.82, 2.24) is 4.98 Å². The number of rotatable bonds is 3. The molecule has 1 aromatic carbocycles. The Labute approximate surface area is 160 Å². The molecule has 2 unspecified atom stereocenters. The van der Waals surface area contributed by atoms with E-state index in [0.717, 1.165) is 24.7 Å². The number of pyridine rings is 1. The van der Waals surface area contributed by atoms with Gasteiger partial charge in [0, 0.05) is 31.1 Å². The summed E-state index contributed by atoms with van der Waals surface area (Å²) in [6.07, 6.45) is -1.22. The van der Waals surface area contributed by atoms with E-state index in [2.05, 4.69) is 9.88 Å². The lowest BCUT2D eigenvalue weighted by Gasteiger charge is -2.38. The second-order valence-electron chi connectivity index (χ2n) is 7.28. The van der Waals surface area contributed by atoms with Crippen molar-refractivity contribution < 1.29 is 23.0 Å². The van der Waals surface area contributed by atoms with Gasteiger partial charge in [0.15, 0.2) is 11.5 Å². The van der Waals surface area contributed by atoms with Crippen LogP contribution in [0.5, 0.6) is 11.5 Å². The number of hydrogen-bond acceptors (Lipinski definition) is 5. The maximum absolute atomic E-state index is 12.8. The number of phenolic OH excluding ortho intramolecular Hbond substituents is 1. The predicted molar refractivity (Wildman–Crippen MR) is 94.9 cm³/mol. The molecule has 0 amide bonds. The predicted octanol–water partition coefficient (Wildman–Crippen LogP) is 3.97. The largest absolute Gasteiger partial charge is 0.504 e. The number of nitriles is 1. The Hall–Kier alpha value is -2.95. The number of benzene rings is 1. The highest BCUT2D eigenvalue weighted by atomic mass is 19.4. The van der Waals surface area contributed by atoms with Gasteiger partial charge in [0.1, 0.15) is 18.0 Å². The zero-order valence-electron chi connectivity index (χ0n) is 14.9. The Morgan fingerprint density at radius 1 is 1.14 bits per heavy atom. The molecule has 5 nitrogen and oxygen atoms in total. The van der Waals surface area contributed by atoms with Crippen LogP contribution < -0.4 is 9.64 Å². The lowest BCUT2D eigenvalue weighted by molar-refractivity contribution is -0.137. The molecular weight excluding hydrogens is 371 g/mol. The van der Waals surface area contributed by atoms with Gasteiger partial charge in [-0.25, -0.2) is 4.98 Å². The highest BCUT2D eigenvalue weighted by molar-refractivity contribution is 5.45. The van der Waals surface area contributed by atoms with Crippen LogP contribution in [0.3, 0.4) is 0 Å². The van der Waals surface area contributed by atoms with Crippen molar-refractivity contribution in [2.24, 2.45) is 11.8 Å². The lowest BCUT2D eigenvalue weighted by Crippen LogP contribution is -2.47. The van der Waals surface area contributed by atoms with Gasteiger partial charge in [0.25, 0.3) is 0 Å². The van der Waals surface area contributed by atoms with E-state index in [9.17, 15) is 18.3 Å². The minimum atomic E-state index is -4.51. The van der Waals surface area contributed by atoms with Crippen LogP contribution in [0.25, 0.3) is 0 Å². The summed E-state index contributed by atoms with van der Waals surface area (Å²) in [6.45, 7) is 1.42. The molecule has 1 aromatic heterocycles. The second kappa shape index (κ2) is 6.89. The molecule has 3 atom stereocenters. The monoisotopic (exact) mass is 389 g/mol.